The van der Waals surface area contributed by atoms with E-state index in [4.69, 9.17) is 21.7 Å². The van der Waals surface area contributed by atoms with E-state index in [1.165, 1.54) is 6.20 Å². The molecule has 19 heavy (non-hydrogen) atoms. The highest BCUT2D eigenvalue weighted by atomic mass is 35.5. The largest absolute Gasteiger partial charge is 0.459 e. The molecule has 5 nitrogen and oxygen atoms in total. The fourth-order valence-corrected chi connectivity index (χ4v) is 1.58. The van der Waals surface area contributed by atoms with E-state index in [1.54, 1.807) is 13.0 Å². The smallest absolute Gasteiger partial charge is 0.325 e. The number of rotatable bonds is 4. The average Bonchev–Trinajstić information content (AvgIpc) is 2.24. The molecule has 2 N–H and O–H groups in total. The zero-order valence-corrected chi connectivity index (χ0v) is 12.3. The number of carbonyl (C=O) groups is 1. The number of hydrogen-bond donors (Lipinski definition) is 2. The number of esters is 1. The minimum absolute atomic E-state index is 0.0147. The van der Waals surface area contributed by atoms with Crippen molar-refractivity contribution in [1.29, 1.82) is 5.41 Å². The van der Waals surface area contributed by atoms with Gasteiger partial charge in [0.05, 0.1) is 11.9 Å². The molecule has 1 heterocycles. The first kappa shape index (κ1) is 15.4. The third-order valence-electron chi connectivity index (χ3n) is 2.12. The maximum absolute atomic E-state index is 11.6. The van der Waals surface area contributed by atoms with Crippen LogP contribution in [0, 0.1) is 5.41 Å². The van der Waals surface area contributed by atoms with Crippen LogP contribution >= 0.6 is 11.6 Å². The quantitative estimate of drug-likeness (QED) is 0.506. The minimum Gasteiger partial charge on any atom is -0.459 e. The van der Waals surface area contributed by atoms with Crippen LogP contribution in [0.2, 0.25) is 5.15 Å². The number of aromatic nitrogens is 1. The van der Waals surface area contributed by atoms with Crippen molar-refractivity contribution in [2.24, 2.45) is 0 Å². The van der Waals surface area contributed by atoms with E-state index in [1.807, 2.05) is 20.8 Å². The zero-order chi connectivity index (χ0) is 14.6. The fourth-order valence-electron chi connectivity index (χ4n) is 1.43. The third kappa shape index (κ3) is 5.26. The second kappa shape index (κ2) is 6.02. The van der Waals surface area contributed by atoms with Crippen LogP contribution in [0.3, 0.4) is 0 Å². The van der Waals surface area contributed by atoms with Crippen LogP contribution in [-0.2, 0) is 9.53 Å². The summed E-state index contributed by atoms with van der Waals surface area (Å²) in [5.74, 6) is -0.365. The van der Waals surface area contributed by atoms with Gasteiger partial charge < -0.3 is 15.5 Å². The standard InChI is InChI=1S/C13H18ClN3O2/c1-8(15)9-5-11(14)17-6-10(9)16-7-12(18)19-13(2,3)4/h5-6,15-16H,7H2,1-4H3. The van der Waals surface area contributed by atoms with Crippen LogP contribution in [-0.4, -0.2) is 28.8 Å². The maximum Gasteiger partial charge on any atom is 0.325 e. The minimum atomic E-state index is -0.517. The summed E-state index contributed by atoms with van der Waals surface area (Å²) in [4.78, 5) is 15.5. The Balaban J connectivity index is 2.73. The van der Waals surface area contributed by atoms with Crippen molar-refractivity contribution in [3.05, 3.63) is 23.0 Å². The Labute approximate surface area is 117 Å². The van der Waals surface area contributed by atoms with Gasteiger partial charge in [0.1, 0.15) is 17.3 Å². The maximum atomic E-state index is 11.6. The first-order chi connectivity index (χ1) is 8.69. The monoisotopic (exact) mass is 283 g/mol. The van der Waals surface area contributed by atoms with E-state index >= 15 is 0 Å². The van der Waals surface area contributed by atoms with Gasteiger partial charge in [-0.15, -0.1) is 0 Å². The molecule has 1 rings (SSSR count). The van der Waals surface area contributed by atoms with E-state index in [0.29, 0.717) is 22.1 Å². The molecule has 0 fully saturated rings. The van der Waals surface area contributed by atoms with Crippen LogP contribution in [0.4, 0.5) is 5.69 Å². The highest BCUT2D eigenvalue weighted by Crippen LogP contribution is 2.18. The highest BCUT2D eigenvalue weighted by molar-refractivity contribution is 6.30. The predicted octanol–water partition coefficient (Wildman–Crippen LogP) is 2.88. The number of nitrogens with one attached hydrogen (secondary N) is 2. The Morgan fingerprint density at radius 1 is 1.53 bits per heavy atom. The molecule has 0 unspecified atom stereocenters. The van der Waals surface area contributed by atoms with Gasteiger partial charge in [-0.1, -0.05) is 11.6 Å². The molecule has 0 spiro atoms. The summed E-state index contributed by atoms with van der Waals surface area (Å²) in [6, 6.07) is 1.58. The summed E-state index contributed by atoms with van der Waals surface area (Å²) in [6.45, 7) is 7.08. The van der Waals surface area contributed by atoms with Crippen LogP contribution in [0.5, 0.6) is 0 Å². The van der Waals surface area contributed by atoms with E-state index in [9.17, 15) is 4.79 Å². The number of halogens is 1. The van der Waals surface area contributed by atoms with Crippen molar-refractivity contribution >= 4 is 29.0 Å². The number of hydrogen-bond acceptors (Lipinski definition) is 5. The molecule has 0 saturated heterocycles. The molecule has 0 aromatic carbocycles. The summed E-state index contributed by atoms with van der Waals surface area (Å²) in [6.07, 6.45) is 1.50. The van der Waals surface area contributed by atoms with Gasteiger partial charge in [-0.05, 0) is 33.8 Å². The van der Waals surface area contributed by atoms with Gasteiger partial charge in [0, 0.05) is 11.3 Å². The van der Waals surface area contributed by atoms with Crippen molar-refractivity contribution < 1.29 is 9.53 Å². The zero-order valence-electron chi connectivity index (χ0n) is 11.5. The van der Waals surface area contributed by atoms with E-state index < -0.39 is 5.60 Å². The van der Waals surface area contributed by atoms with Gasteiger partial charge in [-0.2, -0.15) is 0 Å². The first-order valence-electron chi connectivity index (χ1n) is 5.86. The first-order valence-corrected chi connectivity index (χ1v) is 6.23. The number of carbonyl (C=O) groups excluding carboxylic acids is 1. The molecule has 1 aromatic rings. The van der Waals surface area contributed by atoms with Crippen LogP contribution in [0.25, 0.3) is 0 Å². The Bertz CT molecular complexity index is 495. The summed E-state index contributed by atoms with van der Waals surface area (Å²) in [7, 11) is 0. The van der Waals surface area contributed by atoms with Crippen molar-refractivity contribution in [3.63, 3.8) is 0 Å². The van der Waals surface area contributed by atoms with Crippen molar-refractivity contribution in [1.82, 2.24) is 4.98 Å². The number of pyridine rings is 1. The SMILES string of the molecule is CC(=N)c1cc(Cl)ncc1NCC(=O)OC(C)(C)C. The Kier molecular flexibility index (Phi) is 4.89. The van der Waals surface area contributed by atoms with Crippen LogP contribution in [0.15, 0.2) is 12.3 Å². The lowest BCUT2D eigenvalue weighted by Gasteiger charge is -2.20. The van der Waals surface area contributed by atoms with Crippen molar-refractivity contribution in [2.45, 2.75) is 33.3 Å². The van der Waals surface area contributed by atoms with E-state index in [2.05, 4.69) is 10.3 Å². The lowest BCUT2D eigenvalue weighted by atomic mass is 10.1. The molecular formula is C13H18ClN3O2. The van der Waals surface area contributed by atoms with Crippen molar-refractivity contribution in [3.8, 4) is 0 Å². The molecule has 0 atom stereocenters. The summed E-state index contributed by atoms with van der Waals surface area (Å²) >= 11 is 5.78. The molecule has 0 aliphatic heterocycles. The summed E-state index contributed by atoms with van der Waals surface area (Å²) in [5, 5.41) is 10.9. The molecule has 0 saturated carbocycles. The number of nitrogens with zero attached hydrogens (tertiary/aromatic N) is 1. The Hall–Kier alpha value is -1.62. The second-order valence-corrected chi connectivity index (χ2v) is 5.50. The van der Waals surface area contributed by atoms with E-state index in [0.717, 1.165) is 0 Å². The molecule has 104 valence electrons. The molecule has 0 radical (unpaired) electrons. The molecular weight excluding hydrogens is 266 g/mol. The number of anilines is 1. The second-order valence-electron chi connectivity index (χ2n) is 5.12. The predicted molar refractivity (Wildman–Crippen MR) is 76.1 cm³/mol. The molecule has 0 amide bonds. The fraction of sp³-hybridized carbons (Fsp3) is 0.462. The Morgan fingerprint density at radius 2 is 2.16 bits per heavy atom. The van der Waals surface area contributed by atoms with Gasteiger partial charge in [0.25, 0.3) is 0 Å². The lowest BCUT2D eigenvalue weighted by molar-refractivity contribution is -0.152. The summed E-state index contributed by atoms with van der Waals surface area (Å²) in [5.41, 5.74) is 1.03. The van der Waals surface area contributed by atoms with Crippen molar-refractivity contribution in [2.75, 3.05) is 11.9 Å². The van der Waals surface area contributed by atoms with Crippen LogP contribution < -0.4 is 5.32 Å². The van der Waals surface area contributed by atoms with Crippen LogP contribution in [0.1, 0.15) is 33.3 Å². The average molecular weight is 284 g/mol. The van der Waals surface area contributed by atoms with Gasteiger partial charge >= 0.3 is 5.97 Å². The third-order valence-corrected chi connectivity index (χ3v) is 2.32. The lowest BCUT2D eigenvalue weighted by Crippen LogP contribution is -2.28. The topological polar surface area (TPSA) is 75.1 Å². The Morgan fingerprint density at radius 3 is 2.68 bits per heavy atom. The molecule has 0 aliphatic carbocycles. The summed E-state index contributed by atoms with van der Waals surface area (Å²) < 4.78 is 5.18. The normalized spacial score (nSPS) is 11.0. The molecule has 0 bridgehead atoms. The van der Waals surface area contributed by atoms with Gasteiger partial charge in [0.2, 0.25) is 0 Å². The van der Waals surface area contributed by atoms with Gasteiger partial charge in [-0.25, -0.2) is 4.98 Å². The molecule has 1 aromatic heterocycles. The molecule has 6 heteroatoms. The van der Waals surface area contributed by atoms with E-state index in [-0.39, 0.29) is 12.5 Å². The molecule has 0 aliphatic rings. The van der Waals surface area contributed by atoms with Gasteiger partial charge in [0.15, 0.2) is 0 Å². The van der Waals surface area contributed by atoms with Gasteiger partial charge in [-0.3, -0.25) is 4.79 Å². The number of ether oxygens (including phenoxy) is 1. The highest BCUT2D eigenvalue weighted by Gasteiger charge is 2.16.